The highest BCUT2D eigenvalue weighted by molar-refractivity contribution is 5.26. The molecule has 1 atom stereocenters. The number of hydrogen-bond donors (Lipinski definition) is 0. The first-order valence-electron chi connectivity index (χ1n) is 11.2. The van der Waals surface area contributed by atoms with Crippen LogP contribution in [0.5, 0.6) is 0 Å². The third-order valence-corrected chi connectivity index (χ3v) is 7.12. The molecule has 0 amide bonds. The van der Waals surface area contributed by atoms with Crippen LogP contribution >= 0.6 is 0 Å². The minimum Gasteiger partial charge on any atom is -0.306 e. The Balaban J connectivity index is 1.77. The molecule has 0 aromatic heterocycles. The molecule has 0 saturated carbocycles. The molecule has 6 heteroatoms. The first-order chi connectivity index (χ1) is 13.9. The van der Waals surface area contributed by atoms with E-state index in [0.29, 0.717) is 12.3 Å². The standard InChI is InChI=1S/C24H38F3N3/c1-22(2,3)30-13-7-11-23(18-30,29(5)17-20-15-28(4)16-20)12-10-19-8-6-9-21(14-19)24(25,26)27/h6,8-9,14,20H,7,10-13,15-18H2,1-5H3/t23-/m0/s1. The summed E-state index contributed by atoms with van der Waals surface area (Å²) in [6, 6.07) is 5.88. The Morgan fingerprint density at radius 1 is 1.17 bits per heavy atom. The van der Waals surface area contributed by atoms with E-state index in [1.54, 1.807) is 6.07 Å². The third kappa shape index (κ3) is 5.57. The lowest BCUT2D eigenvalue weighted by atomic mass is 9.79. The topological polar surface area (TPSA) is 9.72 Å². The molecule has 2 saturated heterocycles. The molecule has 0 radical (unpaired) electrons. The van der Waals surface area contributed by atoms with Crippen LogP contribution in [0.4, 0.5) is 13.2 Å². The third-order valence-electron chi connectivity index (χ3n) is 7.12. The van der Waals surface area contributed by atoms with Crippen LogP contribution in [0, 0.1) is 5.92 Å². The Morgan fingerprint density at radius 2 is 1.87 bits per heavy atom. The van der Waals surface area contributed by atoms with E-state index in [4.69, 9.17) is 0 Å². The number of piperidine rings is 1. The highest BCUT2D eigenvalue weighted by Gasteiger charge is 2.42. The van der Waals surface area contributed by atoms with E-state index in [9.17, 15) is 13.2 Å². The van der Waals surface area contributed by atoms with E-state index in [2.05, 4.69) is 49.6 Å². The quantitative estimate of drug-likeness (QED) is 0.650. The van der Waals surface area contributed by atoms with Gasteiger partial charge in [-0.05, 0) is 84.6 Å². The average molecular weight is 426 g/mol. The molecule has 0 aliphatic carbocycles. The molecule has 2 aliphatic heterocycles. The number of rotatable bonds is 6. The summed E-state index contributed by atoms with van der Waals surface area (Å²) in [5, 5.41) is 0. The average Bonchev–Trinajstić information content (AvgIpc) is 2.64. The van der Waals surface area contributed by atoms with Gasteiger partial charge in [-0.2, -0.15) is 13.2 Å². The molecular weight excluding hydrogens is 387 g/mol. The van der Waals surface area contributed by atoms with Gasteiger partial charge < -0.3 is 4.90 Å². The fourth-order valence-electron chi connectivity index (χ4n) is 5.20. The zero-order valence-electron chi connectivity index (χ0n) is 19.2. The summed E-state index contributed by atoms with van der Waals surface area (Å²) in [5.74, 6) is 0.690. The number of likely N-dealkylation sites (N-methyl/N-ethyl adjacent to an activating group) is 1. The van der Waals surface area contributed by atoms with Gasteiger partial charge in [-0.1, -0.05) is 18.2 Å². The summed E-state index contributed by atoms with van der Waals surface area (Å²) in [7, 11) is 4.39. The molecule has 2 heterocycles. The minimum absolute atomic E-state index is 0.00787. The molecule has 2 aliphatic rings. The number of hydrogen-bond acceptors (Lipinski definition) is 3. The lowest BCUT2D eigenvalue weighted by Gasteiger charge is -2.53. The Hall–Kier alpha value is -1.11. The van der Waals surface area contributed by atoms with E-state index >= 15 is 0 Å². The normalized spacial score (nSPS) is 25.0. The Kier molecular flexibility index (Phi) is 6.90. The van der Waals surface area contributed by atoms with Gasteiger partial charge in [-0.25, -0.2) is 0 Å². The van der Waals surface area contributed by atoms with Gasteiger partial charge in [0, 0.05) is 37.3 Å². The maximum Gasteiger partial charge on any atom is 0.416 e. The van der Waals surface area contributed by atoms with Gasteiger partial charge in [-0.3, -0.25) is 9.80 Å². The van der Waals surface area contributed by atoms with Crippen molar-refractivity contribution in [2.45, 2.75) is 63.7 Å². The van der Waals surface area contributed by atoms with Gasteiger partial charge in [0.1, 0.15) is 0 Å². The van der Waals surface area contributed by atoms with Gasteiger partial charge in [0.25, 0.3) is 0 Å². The maximum atomic E-state index is 13.2. The van der Waals surface area contributed by atoms with Crippen molar-refractivity contribution in [1.29, 1.82) is 0 Å². The Labute approximate surface area is 180 Å². The number of likely N-dealkylation sites (tertiary alicyclic amines) is 2. The molecule has 1 aromatic rings. The van der Waals surface area contributed by atoms with Gasteiger partial charge in [0.15, 0.2) is 0 Å². The van der Waals surface area contributed by atoms with Crippen LogP contribution in [0.15, 0.2) is 24.3 Å². The summed E-state index contributed by atoms with van der Waals surface area (Å²) in [6.07, 6.45) is -0.474. The number of nitrogens with zero attached hydrogens (tertiary/aromatic N) is 3. The fourth-order valence-corrected chi connectivity index (χ4v) is 5.20. The van der Waals surface area contributed by atoms with E-state index < -0.39 is 11.7 Å². The van der Waals surface area contributed by atoms with Gasteiger partial charge >= 0.3 is 6.18 Å². The van der Waals surface area contributed by atoms with Gasteiger partial charge in [0.05, 0.1) is 5.56 Å². The first kappa shape index (κ1) is 23.6. The van der Waals surface area contributed by atoms with Crippen LogP contribution in [0.2, 0.25) is 0 Å². The second-order valence-corrected chi connectivity index (χ2v) is 10.6. The number of alkyl halides is 3. The van der Waals surface area contributed by atoms with Crippen LogP contribution in [-0.2, 0) is 12.6 Å². The van der Waals surface area contributed by atoms with Crippen molar-refractivity contribution in [2.75, 3.05) is 46.8 Å². The molecule has 1 aromatic carbocycles. The summed E-state index contributed by atoms with van der Waals surface area (Å²) in [4.78, 5) is 7.44. The number of halogens is 3. The second-order valence-electron chi connectivity index (χ2n) is 10.6. The molecule has 0 N–H and O–H groups in total. The van der Waals surface area contributed by atoms with Crippen LogP contribution < -0.4 is 0 Å². The highest BCUT2D eigenvalue weighted by Crippen LogP contribution is 2.36. The van der Waals surface area contributed by atoms with E-state index in [-0.39, 0.29) is 11.1 Å². The first-order valence-corrected chi connectivity index (χ1v) is 11.2. The summed E-state index contributed by atoms with van der Waals surface area (Å²) in [5.41, 5.74) is 0.349. The molecule has 170 valence electrons. The van der Waals surface area contributed by atoms with Crippen molar-refractivity contribution in [3.05, 3.63) is 35.4 Å². The SMILES string of the molecule is CN1CC(CN(C)[C@]2(CCc3cccc(C(F)(F)F)c3)CCCN(C(C)(C)C)C2)C1. The van der Waals surface area contributed by atoms with Crippen molar-refractivity contribution >= 4 is 0 Å². The summed E-state index contributed by atoms with van der Waals surface area (Å²) >= 11 is 0. The highest BCUT2D eigenvalue weighted by atomic mass is 19.4. The second kappa shape index (κ2) is 8.79. The molecule has 0 unspecified atom stereocenters. The number of aryl methyl sites for hydroxylation is 1. The smallest absolute Gasteiger partial charge is 0.306 e. The van der Waals surface area contributed by atoms with Crippen LogP contribution in [-0.4, -0.2) is 72.6 Å². The molecule has 0 spiro atoms. The molecule has 2 fully saturated rings. The van der Waals surface area contributed by atoms with Crippen LogP contribution in [0.3, 0.4) is 0 Å². The molecule has 0 bridgehead atoms. The lowest BCUT2D eigenvalue weighted by Crippen LogP contribution is -2.63. The zero-order chi connectivity index (χ0) is 22.2. The van der Waals surface area contributed by atoms with Crippen molar-refractivity contribution in [2.24, 2.45) is 5.92 Å². The van der Waals surface area contributed by atoms with Crippen molar-refractivity contribution in [3.8, 4) is 0 Å². The molecular formula is C24H38F3N3. The van der Waals surface area contributed by atoms with E-state index in [1.807, 2.05) is 6.07 Å². The lowest BCUT2D eigenvalue weighted by molar-refractivity contribution is -0.137. The maximum absolute atomic E-state index is 13.2. The Bertz CT molecular complexity index is 706. The molecule has 30 heavy (non-hydrogen) atoms. The monoisotopic (exact) mass is 425 g/mol. The molecule has 3 nitrogen and oxygen atoms in total. The zero-order valence-corrected chi connectivity index (χ0v) is 19.2. The summed E-state index contributed by atoms with van der Waals surface area (Å²) in [6.45, 7) is 12.2. The van der Waals surface area contributed by atoms with E-state index in [1.165, 1.54) is 12.1 Å². The number of benzene rings is 1. The van der Waals surface area contributed by atoms with Crippen molar-refractivity contribution in [1.82, 2.24) is 14.7 Å². The fraction of sp³-hybridized carbons (Fsp3) is 0.750. The predicted molar refractivity (Wildman–Crippen MR) is 117 cm³/mol. The van der Waals surface area contributed by atoms with Gasteiger partial charge in [0.2, 0.25) is 0 Å². The molecule has 3 rings (SSSR count). The van der Waals surface area contributed by atoms with Crippen molar-refractivity contribution < 1.29 is 13.2 Å². The largest absolute Gasteiger partial charge is 0.416 e. The van der Waals surface area contributed by atoms with Crippen LogP contribution in [0.1, 0.15) is 51.2 Å². The summed E-state index contributed by atoms with van der Waals surface area (Å²) < 4.78 is 39.5. The van der Waals surface area contributed by atoms with Gasteiger partial charge in [-0.15, -0.1) is 0 Å². The Morgan fingerprint density at radius 3 is 2.47 bits per heavy atom. The van der Waals surface area contributed by atoms with E-state index in [0.717, 1.165) is 57.5 Å². The van der Waals surface area contributed by atoms with Crippen molar-refractivity contribution in [3.63, 3.8) is 0 Å². The predicted octanol–water partition coefficient (Wildman–Crippen LogP) is 4.76. The minimum atomic E-state index is -4.28. The van der Waals surface area contributed by atoms with Crippen LogP contribution in [0.25, 0.3) is 0 Å².